The number of halogens is 4. The summed E-state index contributed by atoms with van der Waals surface area (Å²) in [4.78, 5) is 12.0. The highest BCUT2D eigenvalue weighted by Gasteiger charge is 2.33. The van der Waals surface area contributed by atoms with Gasteiger partial charge < -0.3 is 0 Å². The van der Waals surface area contributed by atoms with Gasteiger partial charge in [-0.05, 0) is 6.07 Å². The van der Waals surface area contributed by atoms with Crippen LogP contribution in [0, 0.1) is 0 Å². The first-order chi connectivity index (χ1) is 11.3. The van der Waals surface area contributed by atoms with E-state index in [2.05, 4.69) is 15.0 Å². The smallest absolute Gasteiger partial charge is 0.290 e. The van der Waals surface area contributed by atoms with Gasteiger partial charge in [0.1, 0.15) is 29.1 Å². The molecule has 0 saturated carbocycles. The summed E-state index contributed by atoms with van der Waals surface area (Å²) in [7, 11) is -1.34. The predicted molar refractivity (Wildman–Crippen MR) is 83.2 cm³/mol. The number of rotatable bonds is 3. The maximum atomic E-state index is 12.7. The maximum absolute atomic E-state index is 12.7. The van der Waals surface area contributed by atoms with Crippen LogP contribution in [-0.4, -0.2) is 29.3 Å². The normalized spacial score (nSPS) is 13.4. The van der Waals surface area contributed by atoms with Crippen LogP contribution in [0.5, 0.6) is 0 Å². The van der Waals surface area contributed by atoms with E-state index in [4.69, 9.17) is 11.6 Å². The van der Waals surface area contributed by atoms with Crippen LogP contribution in [-0.2, 0) is 17.0 Å². The van der Waals surface area contributed by atoms with Gasteiger partial charge in [-0.1, -0.05) is 18.5 Å². The van der Waals surface area contributed by atoms with Crippen molar-refractivity contribution >= 4 is 28.0 Å². The second-order valence-corrected chi connectivity index (χ2v) is 6.94. The van der Waals surface area contributed by atoms with Gasteiger partial charge in [-0.2, -0.15) is 13.2 Å². The molecule has 3 rings (SSSR count). The molecule has 0 fully saturated rings. The summed E-state index contributed by atoms with van der Waals surface area (Å²) in [6.07, 6.45) is -0.673. The number of pyridine rings is 1. The van der Waals surface area contributed by atoms with Crippen molar-refractivity contribution < 1.29 is 17.4 Å². The van der Waals surface area contributed by atoms with Gasteiger partial charge in [-0.15, -0.1) is 0 Å². The quantitative estimate of drug-likeness (QED) is 0.703. The second-order valence-electron chi connectivity index (χ2n) is 4.80. The van der Waals surface area contributed by atoms with Gasteiger partial charge >= 0.3 is 6.18 Å². The molecule has 0 bridgehead atoms. The zero-order valence-corrected chi connectivity index (χ0v) is 13.8. The minimum Gasteiger partial charge on any atom is -0.290 e. The van der Waals surface area contributed by atoms with Gasteiger partial charge in [0, 0.05) is 24.2 Å². The highest BCUT2D eigenvalue weighted by Crippen LogP contribution is 2.30. The Balaban J connectivity index is 2.15. The molecular weight excluding hydrogens is 365 g/mol. The number of hydrogen-bond donors (Lipinski definition) is 0. The molecule has 0 N–H and O–H groups in total. The van der Waals surface area contributed by atoms with Crippen molar-refractivity contribution in [1.29, 1.82) is 0 Å². The molecule has 0 saturated heterocycles. The molecule has 0 aromatic carbocycles. The lowest BCUT2D eigenvalue weighted by Gasteiger charge is -2.05. The standard InChI is InChI=1S/C14H10ClF3N4OS/c1-2-24(23)10-3-8(15)5-19-13(10)9-6-22-7-20-11(14(16,17)18)4-12(22)21-9/h3-7H,2H2,1H3. The van der Waals surface area contributed by atoms with Crippen molar-refractivity contribution in [1.82, 2.24) is 19.4 Å². The van der Waals surface area contributed by atoms with E-state index < -0.39 is 22.7 Å². The monoisotopic (exact) mass is 374 g/mol. The molecule has 24 heavy (non-hydrogen) atoms. The third-order valence-corrected chi connectivity index (χ3v) is 4.74. The van der Waals surface area contributed by atoms with Gasteiger partial charge in [0.05, 0.1) is 20.7 Å². The Hall–Kier alpha value is -2.00. The zero-order valence-electron chi connectivity index (χ0n) is 12.2. The fourth-order valence-electron chi connectivity index (χ4n) is 2.10. The van der Waals surface area contributed by atoms with Gasteiger partial charge in [0.15, 0.2) is 0 Å². The molecule has 3 heterocycles. The zero-order chi connectivity index (χ0) is 17.5. The molecule has 3 aromatic rings. The Morgan fingerprint density at radius 3 is 2.71 bits per heavy atom. The third kappa shape index (κ3) is 3.13. The topological polar surface area (TPSA) is 60.2 Å². The average molecular weight is 375 g/mol. The average Bonchev–Trinajstić information content (AvgIpc) is 2.96. The predicted octanol–water partition coefficient (Wildman–Crippen LogP) is 3.59. The van der Waals surface area contributed by atoms with E-state index in [1.807, 2.05) is 0 Å². The lowest BCUT2D eigenvalue weighted by Crippen LogP contribution is -2.08. The highest BCUT2D eigenvalue weighted by molar-refractivity contribution is 7.85. The van der Waals surface area contributed by atoms with Crippen LogP contribution in [0.25, 0.3) is 17.0 Å². The summed E-state index contributed by atoms with van der Waals surface area (Å²) in [5.41, 5.74) is -0.354. The van der Waals surface area contributed by atoms with E-state index in [9.17, 15) is 17.4 Å². The molecule has 1 atom stereocenters. The van der Waals surface area contributed by atoms with Crippen LogP contribution in [0.2, 0.25) is 5.02 Å². The fourth-order valence-corrected chi connectivity index (χ4v) is 3.27. The molecule has 3 aromatic heterocycles. The number of aromatic nitrogens is 4. The molecule has 0 aliphatic carbocycles. The van der Waals surface area contributed by atoms with Crippen LogP contribution in [0.15, 0.2) is 35.7 Å². The number of nitrogens with zero attached hydrogens (tertiary/aromatic N) is 4. The summed E-state index contributed by atoms with van der Waals surface area (Å²) in [5.74, 6) is 0.349. The summed E-state index contributed by atoms with van der Waals surface area (Å²) in [5, 5.41) is 0.320. The Bertz CT molecular complexity index is 941. The third-order valence-electron chi connectivity index (χ3n) is 3.21. The lowest BCUT2D eigenvalue weighted by atomic mass is 10.3. The second kappa shape index (κ2) is 6.14. The first kappa shape index (κ1) is 16.8. The van der Waals surface area contributed by atoms with Gasteiger partial charge in [0.25, 0.3) is 0 Å². The van der Waals surface area contributed by atoms with Crippen LogP contribution >= 0.6 is 11.6 Å². The fraction of sp³-hybridized carbons (Fsp3) is 0.214. The van der Waals surface area contributed by atoms with Crippen LogP contribution in [0.1, 0.15) is 12.6 Å². The van der Waals surface area contributed by atoms with Crippen LogP contribution in [0.4, 0.5) is 13.2 Å². The summed E-state index contributed by atoms with van der Waals surface area (Å²) in [6, 6.07) is 2.36. The van der Waals surface area contributed by atoms with Gasteiger partial charge in [-0.3, -0.25) is 13.6 Å². The minimum absolute atomic E-state index is 0.0669. The van der Waals surface area contributed by atoms with Crippen molar-refractivity contribution in [2.45, 2.75) is 18.0 Å². The molecule has 0 amide bonds. The molecule has 0 radical (unpaired) electrons. The molecule has 0 spiro atoms. The summed E-state index contributed by atoms with van der Waals surface area (Å²) >= 11 is 5.90. The molecule has 0 aliphatic rings. The SMILES string of the molecule is CCS(=O)c1cc(Cl)cnc1-c1cn2cnc(C(F)(F)F)cc2n1. The summed E-state index contributed by atoms with van der Waals surface area (Å²) in [6.45, 7) is 1.74. The number of fused-ring (bicyclic) bond motifs is 1. The number of alkyl halides is 3. The Morgan fingerprint density at radius 1 is 1.29 bits per heavy atom. The van der Waals surface area contributed by atoms with E-state index >= 15 is 0 Å². The first-order valence-corrected chi connectivity index (χ1v) is 8.45. The number of hydrogen-bond acceptors (Lipinski definition) is 4. The molecule has 5 nitrogen and oxygen atoms in total. The van der Waals surface area contributed by atoms with Crippen LogP contribution < -0.4 is 0 Å². The van der Waals surface area contributed by atoms with Crippen molar-refractivity contribution in [2.24, 2.45) is 0 Å². The first-order valence-electron chi connectivity index (χ1n) is 6.76. The molecule has 0 aliphatic heterocycles. The van der Waals surface area contributed by atoms with Gasteiger partial charge in [-0.25, -0.2) is 9.97 Å². The summed E-state index contributed by atoms with van der Waals surface area (Å²) < 4.78 is 51.7. The van der Waals surface area contributed by atoms with Crippen LogP contribution in [0.3, 0.4) is 0 Å². The molecular formula is C14H10ClF3N4OS. The highest BCUT2D eigenvalue weighted by atomic mass is 35.5. The van der Waals surface area contributed by atoms with E-state index in [0.717, 1.165) is 12.4 Å². The Morgan fingerprint density at radius 2 is 2.04 bits per heavy atom. The molecule has 1 unspecified atom stereocenters. The van der Waals surface area contributed by atoms with Gasteiger partial charge in [0.2, 0.25) is 0 Å². The van der Waals surface area contributed by atoms with E-state index in [1.165, 1.54) is 22.9 Å². The van der Waals surface area contributed by atoms with E-state index in [0.29, 0.717) is 27.1 Å². The van der Waals surface area contributed by atoms with Crippen molar-refractivity contribution in [3.63, 3.8) is 0 Å². The van der Waals surface area contributed by atoms with E-state index in [1.54, 1.807) is 6.92 Å². The van der Waals surface area contributed by atoms with E-state index in [-0.39, 0.29) is 5.65 Å². The van der Waals surface area contributed by atoms with Crippen molar-refractivity contribution in [3.05, 3.63) is 41.6 Å². The number of imidazole rings is 1. The Kier molecular flexibility index (Phi) is 4.31. The molecule has 126 valence electrons. The largest absolute Gasteiger partial charge is 0.433 e. The Labute approximate surface area is 142 Å². The van der Waals surface area contributed by atoms with Crippen molar-refractivity contribution in [3.8, 4) is 11.4 Å². The lowest BCUT2D eigenvalue weighted by molar-refractivity contribution is -0.141. The van der Waals surface area contributed by atoms with Crippen molar-refractivity contribution in [2.75, 3.05) is 5.75 Å². The maximum Gasteiger partial charge on any atom is 0.433 e. The molecule has 10 heteroatoms. The minimum atomic E-state index is -4.55.